The fourth-order valence-electron chi connectivity index (χ4n) is 5.74. The summed E-state index contributed by atoms with van der Waals surface area (Å²) in [5, 5.41) is 13.0. The summed E-state index contributed by atoms with van der Waals surface area (Å²) in [4.78, 5) is 39.8. The standard InChI is InChI=1S/C23H20F3N3O5/c1-9-2-3-10(12(24)4-9)6-27-21(32)11-7-28-8-15-29(22(33)18(28)20(31)19(11)30)13-5-14(34-15)17-16(13)23(17,25)26/h2-4,7,13-17,31H,5-6,8H2,1H3,(H,27,32)/t13-,14+,15?,16+,17-/m0/s1. The molecule has 2 aromatic rings. The van der Waals surface area contributed by atoms with Crippen molar-refractivity contribution in [1.82, 2.24) is 14.8 Å². The normalized spacial score (nSPS) is 29.8. The summed E-state index contributed by atoms with van der Waals surface area (Å²) in [5.41, 5.74) is -0.936. The van der Waals surface area contributed by atoms with Gasteiger partial charge in [0.05, 0.1) is 24.5 Å². The van der Waals surface area contributed by atoms with E-state index in [1.165, 1.54) is 21.6 Å². The Labute approximate surface area is 190 Å². The second-order valence-electron chi connectivity index (χ2n) is 9.37. The molecule has 2 bridgehead atoms. The SMILES string of the molecule is Cc1ccc(CNC(=O)c2cn3c(c(O)c2=O)C(=O)N2C(C3)O[C@@H]3C[C@H]2[C@@H]2[C@H]3C2(F)F)c(F)c1. The van der Waals surface area contributed by atoms with E-state index in [4.69, 9.17) is 4.74 Å². The second kappa shape index (κ2) is 6.84. The molecular formula is C23H20F3N3O5. The van der Waals surface area contributed by atoms with Gasteiger partial charge in [0, 0.05) is 24.3 Å². The van der Waals surface area contributed by atoms with Crippen molar-refractivity contribution in [3.63, 3.8) is 0 Å². The number of aromatic hydroxyl groups is 1. The Kier molecular flexibility index (Phi) is 4.27. The fraction of sp³-hybridized carbons (Fsp3) is 0.435. The highest BCUT2D eigenvalue weighted by atomic mass is 19.3. The predicted octanol–water partition coefficient (Wildman–Crippen LogP) is 1.77. The Bertz CT molecular complexity index is 1330. The molecule has 3 heterocycles. The summed E-state index contributed by atoms with van der Waals surface area (Å²) >= 11 is 0. The minimum absolute atomic E-state index is 0.0280. The first-order valence-electron chi connectivity index (χ1n) is 10.9. The van der Waals surface area contributed by atoms with Crippen molar-refractivity contribution in [2.45, 2.75) is 50.7 Å². The Morgan fingerprint density at radius 1 is 1.29 bits per heavy atom. The van der Waals surface area contributed by atoms with Crippen LogP contribution in [0, 0.1) is 24.6 Å². The van der Waals surface area contributed by atoms with Crippen molar-refractivity contribution in [3.8, 4) is 5.75 Å². The number of aryl methyl sites for hydroxylation is 1. The lowest BCUT2D eigenvalue weighted by atomic mass is 10.0. The number of hydrogen-bond acceptors (Lipinski definition) is 5. The molecule has 4 aliphatic rings. The van der Waals surface area contributed by atoms with Crippen molar-refractivity contribution in [2.75, 3.05) is 0 Å². The lowest BCUT2D eigenvalue weighted by molar-refractivity contribution is -0.163. The van der Waals surface area contributed by atoms with Crippen molar-refractivity contribution >= 4 is 11.8 Å². The molecule has 11 heteroatoms. The average molecular weight is 475 g/mol. The largest absolute Gasteiger partial charge is 0.503 e. The van der Waals surface area contributed by atoms with E-state index < -0.39 is 70.5 Å². The summed E-state index contributed by atoms with van der Waals surface area (Å²) < 4.78 is 49.3. The van der Waals surface area contributed by atoms with Gasteiger partial charge in [-0.05, 0) is 25.0 Å². The van der Waals surface area contributed by atoms with Gasteiger partial charge in [0.1, 0.15) is 11.4 Å². The van der Waals surface area contributed by atoms with E-state index in [2.05, 4.69) is 5.32 Å². The van der Waals surface area contributed by atoms with Crippen LogP contribution in [0.25, 0.3) is 0 Å². The quantitative estimate of drug-likeness (QED) is 0.705. The topological polar surface area (TPSA) is 101 Å². The van der Waals surface area contributed by atoms with Gasteiger partial charge < -0.3 is 24.6 Å². The molecule has 8 nitrogen and oxygen atoms in total. The van der Waals surface area contributed by atoms with E-state index in [0.29, 0.717) is 5.56 Å². The number of hydrogen-bond donors (Lipinski definition) is 2. The smallest absolute Gasteiger partial charge is 0.276 e. The van der Waals surface area contributed by atoms with Gasteiger partial charge in [-0.2, -0.15) is 0 Å². The summed E-state index contributed by atoms with van der Waals surface area (Å²) in [7, 11) is 0. The number of alkyl halides is 2. The van der Waals surface area contributed by atoms with Crippen molar-refractivity contribution in [1.29, 1.82) is 0 Å². The molecule has 178 valence electrons. The fourth-order valence-corrected chi connectivity index (χ4v) is 5.74. The summed E-state index contributed by atoms with van der Waals surface area (Å²) in [6, 6.07) is 3.78. The number of benzene rings is 1. The van der Waals surface area contributed by atoms with Gasteiger partial charge in [-0.25, -0.2) is 13.2 Å². The number of aromatic nitrogens is 1. The molecule has 1 aromatic heterocycles. The third-order valence-corrected chi connectivity index (χ3v) is 7.39. The van der Waals surface area contributed by atoms with E-state index >= 15 is 0 Å². The Morgan fingerprint density at radius 3 is 2.79 bits per heavy atom. The molecule has 0 radical (unpaired) electrons. The van der Waals surface area contributed by atoms with Crippen LogP contribution >= 0.6 is 0 Å². The predicted molar refractivity (Wildman–Crippen MR) is 110 cm³/mol. The minimum atomic E-state index is -2.89. The lowest BCUT2D eigenvalue weighted by Crippen LogP contribution is -2.59. The molecule has 0 spiro atoms. The summed E-state index contributed by atoms with van der Waals surface area (Å²) in [6.45, 7) is 1.51. The van der Waals surface area contributed by atoms with Crippen LogP contribution in [-0.4, -0.2) is 50.7 Å². The number of pyridine rings is 1. The van der Waals surface area contributed by atoms with Gasteiger partial charge in [0.15, 0.2) is 17.7 Å². The summed E-state index contributed by atoms with van der Waals surface area (Å²) in [5.74, 6) is -7.89. The van der Waals surface area contributed by atoms with Gasteiger partial charge in [0.2, 0.25) is 5.43 Å². The second-order valence-corrected chi connectivity index (χ2v) is 9.37. The van der Waals surface area contributed by atoms with E-state index in [1.807, 2.05) is 0 Å². The lowest BCUT2D eigenvalue weighted by Gasteiger charge is -2.46. The van der Waals surface area contributed by atoms with Gasteiger partial charge >= 0.3 is 0 Å². The number of halogens is 3. The van der Waals surface area contributed by atoms with Crippen LogP contribution in [0.5, 0.6) is 5.75 Å². The molecule has 5 atom stereocenters. The van der Waals surface area contributed by atoms with Crippen LogP contribution in [0.1, 0.15) is 38.4 Å². The zero-order chi connectivity index (χ0) is 24.1. The zero-order valence-electron chi connectivity index (χ0n) is 17.9. The van der Waals surface area contributed by atoms with Crippen LogP contribution in [0.4, 0.5) is 13.2 Å². The summed E-state index contributed by atoms with van der Waals surface area (Å²) in [6.07, 6.45) is -0.0794. The molecule has 1 saturated heterocycles. The highest BCUT2D eigenvalue weighted by molar-refractivity contribution is 5.99. The van der Waals surface area contributed by atoms with E-state index in [-0.39, 0.29) is 30.8 Å². The van der Waals surface area contributed by atoms with Crippen LogP contribution in [-0.2, 0) is 17.8 Å². The van der Waals surface area contributed by atoms with E-state index in [1.54, 1.807) is 13.0 Å². The Hall–Kier alpha value is -3.34. The molecule has 1 unspecified atom stereocenters. The number of rotatable bonds is 3. The molecule has 2 aliphatic heterocycles. The van der Waals surface area contributed by atoms with Gasteiger partial charge in [-0.1, -0.05) is 12.1 Å². The van der Waals surface area contributed by atoms with Gasteiger partial charge in [0.25, 0.3) is 17.7 Å². The first kappa shape index (κ1) is 21.2. The Morgan fingerprint density at radius 2 is 2.06 bits per heavy atom. The average Bonchev–Trinajstić information content (AvgIpc) is 3.20. The van der Waals surface area contributed by atoms with Crippen LogP contribution < -0.4 is 10.7 Å². The van der Waals surface area contributed by atoms with Crippen molar-refractivity contribution in [2.24, 2.45) is 11.8 Å². The number of nitrogens with one attached hydrogen (secondary N) is 1. The van der Waals surface area contributed by atoms with E-state index in [9.17, 15) is 32.7 Å². The molecule has 2 amide bonds. The third kappa shape index (κ3) is 2.79. The third-order valence-electron chi connectivity index (χ3n) is 7.39. The highest BCUT2D eigenvalue weighted by Gasteiger charge is 2.80. The minimum Gasteiger partial charge on any atom is -0.503 e. The van der Waals surface area contributed by atoms with Gasteiger partial charge in [-0.3, -0.25) is 14.4 Å². The highest BCUT2D eigenvalue weighted by Crippen LogP contribution is 2.68. The zero-order valence-corrected chi connectivity index (χ0v) is 17.9. The van der Waals surface area contributed by atoms with Crippen LogP contribution in [0.15, 0.2) is 29.2 Å². The van der Waals surface area contributed by atoms with Crippen LogP contribution in [0.2, 0.25) is 0 Å². The number of ether oxygens (including phenoxy) is 1. The number of carbonyl (C=O) groups is 2. The molecule has 1 aromatic carbocycles. The molecule has 2 aliphatic carbocycles. The maximum absolute atomic E-state index is 14.1. The van der Waals surface area contributed by atoms with Crippen molar-refractivity contribution in [3.05, 3.63) is 62.8 Å². The van der Waals surface area contributed by atoms with Gasteiger partial charge in [-0.15, -0.1) is 0 Å². The maximum Gasteiger partial charge on any atom is 0.276 e. The molecule has 6 rings (SSSR count). The number of nitrogens with zero attached hydrogens (tertiary/aromatic N) is 2. The van der Waals surface area contributed by atoms with Crippen LogP contribution in [0.3, 0.4) is 0 Å². The number of fused-ring (bicyclic) bond motifs is 8. The molecule has 2 saturated carbocycles. The van der Waals surface area contributed by atoms with E-state index in [0.717, 1.165) is 6.20 Å². The first-order valence-corrected chi connectivity index (χ1v) is 10.9. The van der Waals surface area contributed by atoms with Crippen molar-refractivity contribution < 1.29 is 32.6 Å². The molecule has 2 N–H and O–H groups in total. The molecular weight excluding hydrogens is 455 g/mol. The number of carbonyl (C=O) groups excluding carboxylic acids is 2. The Balaban J connectivity index is 1.29. The maximum atomic E-state index is 14.1. The molecule has 3 fully saturated rings. The monoisotopic (exact) mass is 475 g/mol. The first-order chi connectivity index (χ1) is 16.1. The molecule has 34 heavy (non-hydrogen) atoms. The number of amides is 2.